The lowest BCUT2D eigenvalue weighted by Gasteiger charge is -2.20. The van der Waals surface area contributed by atoms with Gasteiger partial charge in [0.05, 0.1) is 19.1 Å². The summed E-state index contributed by atoms with van der Waals surface area (Å²) in [6.45, 7) is 7.20. The van der Waals surface area contributed by atoms with E-state index in [4.69, 9.17) is 9.47 Å². The van der Waals surface area contributed by atoms with Crippen LogP contribution in [-0.2, 0) is 14.3 Å². The molecule has 0 radical (unpaired) electrons. The third-order valence-corrected chi connectivity index (χ3v) is 2.63. The fourth-order valence-electron chi connectivity index (χ4n) is 1.96. The molecule has 0 aromatic rings. The van der Waals surface area contributed by atoms with E-state index in [1.54, 1.807) is 0 Å². The van der Waals surface area contributed by atoms with Crippen molar-refractivity contribution in [1.29, 1.82) is 0 Å². The normalized spacial score (nSPS) is 37.0. The minimum Gasteiger partial charge on any atom is -0.460 e. The summed E-state index contributed by atoms with van der Waals surface area (Å²) in [6.07, 6.45) is 0. The predicted molar refractivity (Wildman–Crippen MR) is 47.1 cm³/mol. The Kier molecular flexibility index (Phi) is 1.88. The minimum absolute atomic E-state index is 0.0363. The van der Waals surface area contributed by atoms with Crippen LogP contribution < -0.4 is 0 Å². The van der Waals surface area contributed by atoms with E-state index in [0.717, 1.165) is 13.2 Å². The van der Waals surface area contributed by atoms with Gasteiger partial charge in [-0.2, -0.15) is 0 Å². The molecule has 1 saturated heterocycles. The molecule has 13 heavy (non-hydrogen) atoms. The Hall–Kier alpha value is -0.570. The molecule has 2 unspecified atom stereocenters. The Labute approximate surface area is 78.4 Å². The van der Waals surface area contributed by atoms with E-state index in [1.165, 1.54) is 0 Å². The van der Waals surface area contributed by atoms with Crippen molar-refractivity contribution in [2.75, 3.05) is 13.2 Å². The Morgan fingerprint density at radius 1 is 1.31 bits per heavy atom. The van der Waals surface area contributed by atoms with E-state index in [9.17, 15) is 4.79 Å². The average molecular weight is 184 g/mol. The van der Waals surface area contributed by atoms with Gasteiger partial charge in [0.15, 0.2) is 0 Å². The third-order valence-electron chi connectivity index (χ3n) is 2.63. The first-order valence-corrected chi connectivity index (χ1v) is 4.79. The minimum atomic E-state index is -0.352. The van der Waals surface area contributed by atoms with Gasteiger partial charge in [-0.05, 0) is 20.8 Å². The van der Waals surface area contributed by atoms with Crippen LogP contribution in [0.5, 0.6) is 0 Å². The maximum Gasteiger partial charge on any atom is 0.310 e. The molecular formula is C10H16O3. The quantitative estimate of drug-likeness (QED) is 0.575. The summed E-state index contributed by atoms with van der Waals surface area (Å²) in [6, 6.07) is 0. The van der Waals surface area contributed by atoms with E-state index in [1.807, 2.05) is 20.8 Å². The molecule has 2 fully saturated rings. The third kappa shape index (κ3) is 1.70. The smallest absolute Gasteiger partial charge is 0.310 e. The van der Waals surface area contributed by atoms with Gasteiger partial charge in [0.1, 0.15) is 5.60 Å². The summed E-state index contributed by atoms with van der Waals surface area (Å²) in [5.74, 6) is 1.00. The topological polar surface area (TPSA) is 35.5 Å². The average Bonchev–Trinajstić information content (AvgIpc) is 2.44. The van der Waals surface area contributed by atoms with E-state index in [2.05, 4.69) is 0 Å². The van der Waals surface area contributed by atoms with Gasteiger partial charge in [0, 0.05) is 11.8 Å². The van der Waals surface area contributed by atoms with Crippen molar-refractivity contribution in [3.05, 3.63) is 0 Å². The molecule has 2 atom stereocenters. The number of fused-ring (bicyclic) bond motifs is 1. The van der Waals surface area contributed by atoms with Crippen molar-refractivity contribution >= 4 is 5.97 Å². The van der Waals surface area contributed by atoms with E-state index >= 15 is 0 Å². The van der Waals surface area contributed by atoms with Gasteiger partial charge in [0.2, 0.25) is 0 Å². The van der Waals surface area contributed by atoms with Crippen LogP contribution in [0.1, 0.15) is 20.8 Å². The van der Waals surface area contributed by atoms with Crippen LogP contribution in [0.3, 0.4) is 0 Å². The highest BCUT2D eigenvalue weighted by molar-refractivity contribution is 5.77. The first kappa shape index (κ1) is 9.00. The number of ether oxygens (including phenoxy) is 2. The van der Waals surface area contributed by atoms with Crippen molar-refractivity contribution in [3.8, 4) is 0 Å². The fraction of sp³-hybridized carbons (Fsp3) is 0.900. The Bertz CT molecular complexity index is 219. The monoisotopic (exact) mass is 184 g/mol. The van der Waals surface area contributed by atoms with Crippen molar-refractivity contribution < 1.29 is 14.3 Å². The van der Waals surface area contributed by atoms with Gasteiger partial charge in [-0.3, -0.25) is 4.79 Å². The standard InChI is InChI=1S/C10H16O3/c1-10(2,3)13-9(11)8-6-4-12-5-7(6)8/h6-8H,4-5H2,1-3H3. The number of rotatable bonds is 1. The summed E-state index contributed by atoms with van der Waals surface area (Å²) in [5, 5.41) is 0. The lowest BCUT2D eigenvalue weighted by atomic mass is 10.2. The zero-order valence-corrected chi connectivity index (χ0v) is 8.37. The van der Waals surface area contributed by atoms with E-state index in [-0.39, 0.29) is 17.5 Å². The maximum absolute atomic E-state index is 11.6. The molecule has 2 aliphatic rings. The molecular weight excluding hydrogens is 168 g/mol. The van der Waals surface area contributed by atoms with E-state index < -0.39 is 0 Å². The fourth-order valence-corrected chi connectivity index (χ4v) is 1.96. The molecule has 2 rings (SSSR count). The number of carbonyl (C=O) groups excluding carboxylic acids is 1. The van der Waals surface area contributed by atoms with Crippen LogP contribution in [0.2, 0.25) is 0 Å². The van der Waals surface area contributed by atoms with Crippen molar-refractivity contribution in [1.82, 2.24) is 0 Å². The van der Waals surface area contributed by atoms with Gasteiger partial charge in [-0.1, -0.05) is 0 Å². The largest absolute Gasteiger partial charge is 0.460 e. The summed E-state index contributed by atoms with van der Waals surface area (Å²) in [7, 11) is 0. The Morgan fingerprint density at radius 2 is 1.85 bits per heavy atom. The second-order valence-corrected chi connectivity index (χ2v) is 4.92. The molecule has 1 saturated carbocycles. The summed E-state index contributed by atoms with van der Waals surface area (Å²) in [4.78, 5) is 11.6. The second-order valence-electron chi connectivity index (χ2n) is 4.92. The zero-order valence-electron chi connectivity index (χ0n) is 8.37. The molecule has 1 aliphatic heterocycles. The molecule has 0 bridgehead atoms. The lowest BCUT2D eigenvalue weighted by molar-refractivity contribution is -0.158. The molecule has 0 N–H and O–H groups in total. The van der Waals surface area contributed by atoms with Crippen molar-refractivity contribution in [3.63, 3.8) is 0 Å². The van der Waals surface area contributed by atoms with Gasteiger partial charge in [0.25, 0.3) is 0 Å². The van der Waals surface area contributed by atoms with Crippen LogP contribution in [0.4, 0.5) is 0 Å². The summed E-state index contributed by atoms with van der Waals surface area (Å²) in [5.41, 5.74) is -0.352. The first-order valence-electron chi connectivity index (χ1n) is 4.79. The van der Waals surface area contributed by atoms with Crippen LogP contribution in [0, 0.1) is 17.8 Å². The Morgan fingerprint density at radius 3 is 2.31 bits per heavy atom. The van der Waals surface area contributed by atoms with Crippen molar-refractivity contribution in [2.45, 2.75) is 26.4 Å². The van der Waals surface area contributed by atoms with Gasteiger partial charge < -0.3 is 9.47 Å². The molecule has 3 heteroatoms. The molecule has 3 nitrogen and oxygen atoms in total. The molecule has 1 heterocycles. The van der Waals surface area contributed by atoms with Gasteiger partial charge in [-0.15, -0.1) is 0 Å². The second kappa shape index (κ2) is 2.71. The van der Waals surface area contributed by atoms with Crippen LogP contribution in [-0.4, -0.2) is 24.8 Å². The number of hydrogen-bond donors (Lipinski definition) is 0. The van der Waals surface area contributed by atoms with Crippen LogP contribution in [0.25, 0.3) is 0 Å². The predicted octanol–water partition coefficient (Wildman–Crippen LogP) is 1.22. The first-order chi connectivity index (χ1) is 5.99. The maximum atomic E-state index is 11.6. The zero-order chi connectivity index (χ0) is 9.64. The number of esters is 1. The Balaban J connectivity index is 1.87. The van der Waals surface area contributed by atoms with Crippen molar-refractivity contribution in [2.24, 2.45) is 17.8 Å². The molecule has 0 spiro atoms. The van der Waals surface area contributed by atoms with Crippen LogP contribution in [0.15, 0.2) is 0 Å². The highest BCUT2D eigenvalue weighted by atomic mass is 16.6. The van der Waals surface area contributed by atoms with Gasteiger partial charge >= 0.3 is 5.97 Å². The highest BCUT2D eigenvalue weighted by Crippen LogP contribution is 2.51. The molecule has 0 amide bonds. The molecule has 74 valence electrons. The highest BCUT2D eigenvalue weighted by Gasteiger charge is 2.59. The summed E-state index contributed by atoms with van der Waals surface area (Å²) >= 11 is 0. The van der Waals surface area contributed by atoms with Gasteiger partial charge in [-0.25, -0.2) is 0 Å². The lowest BCUT2D eigenvalue weighted by Crippen LogP contribution is -2.26. The van der Waals surface area contributed by atoms with E-state index in [0.29, 0.717) is 11.8 Å². The van der Waals surface area contributed by atoms with Crippen LogP contribution >= 0.6 is 0 Å². The molecule has 0 aromatic heterocycles. The molecule has 0 aromatic carbocycles. The number of carbonyl (C=O) groups is 1. The SMILES string of the molecule is CC(C)(C)OC(=O)C1C2COCC21. The molecule has 1 aliphatic carbocycles. The summed E-state index contributed by atoms with van der Waals surface area (Å²) < 4.78 is 10.5. The number of hydrogen-bond acceptors (Lipinski definition) is 3.